The van der Waals surface area contributed by atoms with E-state index in [1.165, 1.54) is 13.4 Å². The van der Waals surface area contributed by atoms with E-state index in [1.807, 2.05) is 13.0 Å². The summed E-state index contributed by atoms with van der Waals surface area (Å²) in [7, 11) is 1.52. The van der Waals surface area contributed by atoms with Crippen LogP contribution in [0, 0.1) is 0 Å². The van der Waals surface area contributed by atoms with Crippen molar-refractivity contribution in [1.29, 1.82) is 0 Å². The molecule has 0 fully saturated rings. The van der Waals surface area contributed by atoms with E-state index >= 15 is 0 Å². The lowest BCUT2D eigenvalue weighted by atomic mass is 10.2. The number of nitrogens with zero attached hydrogens (tertiary/aromatic N) is 2. The minimum absolute atomic E-state index is 0.101. The first-order valence-corrected chi connectivity index (χ1v) is 5.69. The molecule has 0 bridgehead atoms. The molecule has 0 aliphatic heterocycles. The molecule has 0 radical (unpaired) electrons. The highest BCUT2D eigenvalue weighted by Crippen LogP contribution is 2.13. The molecule has 0 aromatic carbocycles. The quantitative estimate of drug-likeness (QED) is 0.755. The topological polar surface area (TPSA) is 65.2 Å². The Bertz CT molecular complexity index is 549. The van der Waals surface area contributed by atoms with Gasteiger partial charge in [0.15, 0.2) is 5.76 Å². The van der Waals surface area contributed by atoms with Crippen molar-refractivity contribution in [2.24, 2.45) is 0 Å². The minimum atomic E-state index is -0.101. The SMILES string of the molecule is CCc1ccc(C(=O)Cc2cc(OC)ncn2)o1. The molecule has 5 nitrogen and oxygen atoms in total. The molecule has 2 heterocycles. The Labute approximate surface area is 105 Å². The number of hydrogen-bond acceptors (Lipinski definition) is 5. The third kappa shape index (κ3) is 2.74. The Balaban J connectivity index is 2.10. The van der Waals surface area contributed by atoms with Gasteiger partial charge in [-0.2, -0.15) is 0 Å². The van der Waals surface area contributed by atoms with Gasteiger partial charge in [0.25, 0.3) is 0 Å². The summed E-state index contributed by atoms with van der Waals surface area (Å²) in [6.07, 6.45) is 2.32. The number of rotatable bonds is 5. The maximum atomic E-state index is 11.9. The van der Waals surface area contributed by atoms with Crippen LogP contribution < -0.4 is 4.74 Å². The van der Waals surface area contributed by atoms with Crippen LogP contribution in [0.1, 0.15) is 28.9 Å². The number of methoxy groups -OCH3 is 1. The molecule has 2 aromatic heterocycles. The summed E-state index contributed by atoms with van der Waals surface area (Å²) in [5.74, 6) is 1.51. The predicted octanol–water partition coefficient (Wildman–Crippen LogP) is 2.07. The van der Waals surface area contributed by atoms with Crippen LogP contribution in [0.25, 0.3) is 0 Å². The van der Waals surface area contributed by atoms with Crippen LogP contribution in [0.2, 0.25) is 0 Å². The maximum Gasteiger partial charge on any atom is 0.216 e. The van der Waals surface area contributed by atoms with Crippen molar-refractivity contribution < 1.29 is 13.9 Å². The third-order valence-electron chi connectivity index (χ3n) is 2.53. The molecule has 0 saturated carbocycles. The molecule has 0 unspecified atom stereocenters. The summed E-state index contributed by atoms with van der Waals surface area (Å²) >= 11 is 0. The lowest BCUT2D eigenvalue weighted by Crippen LogP contribution is -2.04. The van der Waals surface area contributed by atoms with Gasteiger partial charge in [0, 0.05) is 12.5 Å². The fraction of sp³-hybridized carbons (Fsp3) is 0.308. The monoisotopic (exact) mass is 246 g/mol. The fourth-order valence-electron chi connectivity index (χ4n) is 1.55. The first-order valence-electron chi connectivity index (χ1n) is 5.69. The third-order valence-corrected chi connectivity index (χ3v) is 2.53. The highest BCUT2D eigenvalue weighted by molar-refractivity contribution is 5.94. The van der Waals surface area contributed by atoms with Crippen molar-refractivity contribution in [3.63, 3.8) is 0 Å². The average molecular weight is 246 g/mol. The Kier molecular flexibility index (Phi) is 3.72. The Morgan fingerprint density at radius 3 is 2.89 bits per heavy atom. The number of Topliss-reactive ketones (excluding diaryl/α,β-unsaturated/α-hetero) is 1. The molecule has 0 atom stereocenters. The lowest BCUT2D eigenvalue weighted by Gasteiger charge is -2.01. The Morgan fingerprint density at radius 2 is 2.22 bits per heavy atom. The molecule has 0 aliphatic carbocycles. The summed E-state index contributed by atoms with van der Waals surface area (Å²) in [5.41, 5.74) is 0.612. The molecule has 94 valence electrons. The average Bonchev–Trinajstić information content (AvgIpc) is 2.88. The second-order valence-corrected chi connectivity index (χ2v) is 3.77. The maximum absolute atomic E-state index is 11.9. The zero-order chi connectivity index (χ0) is 13.0. The molecule has 2 rings (SSSR count). The highest BCUT2D eigenvalue weighted by atomic mass is 16.5. The lowest BCUT2D eigenvalue weighted by molar-refractivity contribution is 0.0963. The van der Waals surface area contributed by atoms with Gasteiger partial charge in [-0.05, 0) is 12.1 Å². The number of ether oxygens (including phenoxy) is 1. The number of carbonyl (C=O) groups excluding carboxylic acids is 1. The number of hydrogen-bond donors (Lipinski definition) is 0. The van der Waals surface area contributed by atoms with Crippen LogP contribution in [-0.4, -0.2) is 22.9 Å². The summed E-state index contributed by atoms with van der Waals surface area (Å²) in [6.45, 7) is 1.97. The van der Waals surface area contributed by atoms with Gasteiger partial charge in [-0.25, -0.2) is 9.97 Å². The normalized spacial score (nSPS) is 10.3. The van der Waals surface area contributed by atoms with Crippen LogP contribution >= 0.6 is 0 Å². The van der Waals surface area contributed by atoms with Gasteiger partial charge < -0.3 is 9.15 Å². The molecule has 0 N–H and O–H groups in total. The number of furan rings is 1. The van der Waals surface area contributed by atoms with Gasteiger partial charge in [0.05, 0.1) is 19.2 Å². The van der Waals surface area contributed by atoms with Crippen molar-refractivity contribution in [2.75, 3.05) is 7.11 Å². The van der Waals surface area contributed by atoms with E-state index in [-0.39, 0.29) is 12.2 Å². The zero-order valence-corrected chi connectivity index (χ0v) is 10.3. The first-order chi connectivity index (χ1) is 8.72. The standard InChI is InChI=1S/C13H14N2O3/c1-3-10-4-5-12(18-10)11(16)6-9-7-13(17-2)15-8-14-9/h4-5,7-8H,3,6H2,1-2H3. The molecule has 0 saturated heterocycles. The fourth-order valence-corrected chi connectivity index (χ4v) is 1.55. The van der Waals surface area contributed by atoms with Crippen LogP contribution in [0.15, 0.2) is 28.9 Å². The van der Waals surface area contributed by atoms with Crippen molar-refractivity contribution in [2.45, 2.75) is 19.8 Å². The van der Waals surface area contributed by atoms with Gasteiger partial charge in [-0.15, -0.1) is 0 Å². The molecular weight excluding hydrogens is 232 g/mol. The van der Waals surface area contributed by atoms with E-state index in [2.05, 4.69) is 9.97 Å². The number of aromatic nitrogens is 2. The number of ketones is 1. The molecule has 0 aliphatic rings. The van der Waals surface area contributed by atoms with E-state index in [4.69, 9.17) is 9.15 Å². The Morgan fingerprint density at radius 1 is 1.39 bits per heavy atom. The van der Waals surface area contributed by atoms with Gasteiger partial charge in [-0.1, -0.05) is 6.92 Å². The van der Waals surface area contributed by atoms with Crippen LogP contribution in [0.4, 0.5) is 0 Å². The molecule has 18 heavy (non-hydrogen) atoms. The summed E-state index contributed by atoms with van der Waals surface area (Å²) in [6, 6.07) is 5.15. The summed E-state index contributed by atoms with van der Waals surface area (Å²) < 4.78 is 10.4. The molecule has 2 aromatic rings. The van der Waals surface area contributed by atoms with E-state index < -0.39 is 0 Å². The predicted molar refractivity (Wildman–Crippen MR) is 64.7 cm³/mol. The van der Waals surface area contributed by atoms with E-state index in [0.717, 1.165) is 12.2 Å². The van der Waals surface area contributed by atoms with Gasteiger partial charge in [0.2, 0.25) is 11.7 Å². The summed E-state index contributed by atoms with van der Waals surface area (Å²) in [5, 5.41) is 0. The highest BCUT2D eigenvalue weighted by Gasteiger charge is 2.13. The van der Waals surface area contributed by atoms with Crippen LogP contribution in [0.5, 0.6) is 5.88 Å². The zero-order valence-electron chi connectivity index (χ0n) is 10.3. The van der Waals surface area contributed by atoms with E-state index in [1.54, 1.807) is 12.1 Å². The molecule has 5 heteroatoms. The van der Waals surface area contributed by atoms with E-state index in [9.17, 15) is 4.79 Å². The van der Waals surface area contributed by atoms with Crippen LogP contribution in [-0.2, 0) is 12.8 Å². The van der Waals surface area contributed by atoms with Gasteiger partial charge in [-0.3, -0.25) is 4.79 Å². The van der Waals surface area contributed by atoms with E-state index in [0.29, 0.717) is 17.3 Å². The summed E-state index contributed by atoms with van der Waals surface area (Å²) in [4.78, 5) is 19.9. The molecule has 0 amide bonds. The Hall–Kier alpha value is -2.17. The number of aryl methyl sites for hydroxylation is 1. The smallest absolute Gasteiger partial charge is 0.216 e. The van der Waals surface area contributed by atoms with Crippen molar-refractivity contribution >= 4 is 5.78 Å². The van der Waals surface area contributed by atoms with Crippen molar-refractivity contribution in [1.82, 2.24) is 9.97 Å². The first kappa shape index (κ1) is 12.3. The second kappa shape index (κ2) is 5.44. The number of carbonyl (C=O) groups is 1. The van der Waals surface area contributed by atoms with Crippen LogP contribution in [0.3, 0.4) is 0 Å². The largest absolute Gasteiger partial charge is 0.481 e. The second-order valence-electron chi connectivity index (χ2n) is 3.77. The van der Waals surface area contributed by atoms with Gasteiger partial charge >= 0.3 is 0 Å². The molecule has 0 spiro atoms. The van der Waals surface area contributed by atoms with Crippen molar-refractivity contribution in [3.05, 3.63) is 41.7 Å². The van der Waals surface area contributed by atoms with Crippen molar-refractivity contribution in [3.8, 4) is 5.88 Å². The van der Waals surface area contributed by atoms with Gasteiger partial charge in [0.1, 0.15) is 12.1 Å². The molecular formula is C13H14N2O3. The minimum Gasteiger partial charge on any atom is -0.481 e.